The molecule has 0 aliphatic carbocycles. The van der Waals surface area contributed by atoms with Gasteiger partial charge in [0.25, 0.3) is 0 Å². The Labute approximate surface area is 121 Å². The van der Waals surface area contributed by atoms with Crippen molar-refractivity contribution in [1.29, 1.82) is 0 Å². The van der Waals surface area contributed by atoms with Crippen LogP contribution in [-0.2, 0) is 9.53 Å². The van der Waals surface area contributed by atoms with Crippen molar-refractivity contribution in [2.75, 3.05) is 26.7 Å². The Morgan fingerprint density at radius 1 is 1.42 bits per heavy atom. The fourth-order valence-corrected chi connectivity index (χ4v) is 2.37. The van der Waals surface area contributed by atoms with E-state index in [0.717, 1.165) is 30.4 Å². The van der Waals surface area contributed by atoms with Crippen LogP contribution in [0.3, 0.4) is 0 Å². The van der Waals surface area contributed by atoms with Gasteiger partial charge in [-0.1, -0.05) is 15.9 Å². The summed E-state index contributed by atoms with van der Waals surface area (Å²) in [6.45, 7) is 1.84. The summed E-state index contributed by atoms with van der Waals surface area (Å²) in [5, 5.41) is 0. The predicted octanol–water partition coefficient (Wildman–Crippen LogP) is 2.47. The van der Waals surface area contributed by atoms with Gasteiger partial charge >= 0.3 is 5.97 Å². The van der Waals surface area contributed by atoms with Gasteiger partial charge in [-0.3, -0.25) is 0 Å². The molecule has 1 aliphatic heterocycles. The number of hydrogen-bond donors (Lipinski definition) is 0. The van der Waals surface area contributed by atoms with Crippen molar-refractivity contribution in [2.45, 2.75) is 18.9 Å². The SMILES string of the molecule is CN1CCC[C@@H](OC(=O)COc2ccc(Br)cc2)C1. The molecule has 1 saturated heterocycles. The normalized spacial score (nSPS) is 20.0. The van der Waals surface area contributed by atoms with E-state index in [1.54, 1.807) is 0 Å². The first kappa shape index (κ1) is 14.3. The lowest BCUT2D eigenvalue weighted by atomic mass is 10.1. The van der Waals surface area contributed by atoms with Crippen molar-refractivity contribution in [3.63, 3.8) is 0 Å². The van der Waals surface area contributed by atoms with E-state index >= 15 is 0 Å². The van der Waals surface area contributed by atoms with E-state index in [-0.39, 0.29) is 18.7 Å². The van der Waals surface area contributed by atoms with E-state index in [9.17, 15) is 4.79 Å². The summed E-state index contributed by atoms with van der Waals surface area (Å²) in [5.41, 5.74) is 0. The molecule has 1 heterocycles. The zero-order valence-corrected chi connectivity index (χ0v) is 12.6. The average molecular weight is 328 g/mol. The maximum Gasteiger partial charge on any atom is 0.344 e. The fraction of sp³-hybridized carbons (Fsp3) is 0.500. The number of hydrogen-bond acceptors (Lipinski definition) is 4. The molecule has 1 aromatic carbocycles. The van der Waals surface area contributed by atoms with E-state index in [4.69, 9.17) is 9.47 Å². The predicted molar refractivity (Wildman–Crippen MR) is 76.2 cm³/mol. The lowest BCUT2D eigenvalue weighted by Crippen LogP contribution is -2.38. The van der Waals surface area contributed by atoms with Gasteiger partial charge in [-0.25, -0.2) is 4.79 Å². The number of benzene rings is 1. The molecule has 4 nitrogen and oxygen atoms in total. The number of esters is 1. The van der Waals surface area contributed by atoms with E-state index in [1.807, 2.05) is 31.3 Å². The van der Waals surface area contributed by atoms with E-state index in [1.165, 1.54) is 0 Å². The molecule has 0 amide bonds. The number of ether oxygens (including phenoxy) is 2. The summed E-state index contributed by atoms with van der Waals surface area (Å²) in [7, 11) is 2.04. The molecular formula is C14H18BrNO3. The molecule has 0 aromatic heterocycles. The molecular weight excluding hydrogens is 310 g/mol. The lowest BCUT2D eigenvalue weighted by Gasteiger charge is -2.29. The summed E-state index contributed by atoms with van der Waals surface area (Å²) in [5.74, 6) is 0.365. The van der Waals surface area contributed by atoms with Crippen molar-refractivity contribution in [1.82, 2.24) is 4.90 Å². The van der Waals surface area contributed by atoms with Gasteiger partial charge in [0, 0.05) is 11.0 Å². The van der Waals surface area contributed by atoms with Crippen molar-refractivity contribution in [3.05, 3.63) is 28.7 Å². The minimum absolute atomic E-state index is 0.000215. The summed E-state index contributed by atoms with van der Waals surface area (Å²) < 4.78 is 11.8. The van der Waals surface area contributed by atoms with Crippen molar-refractivity contribution in [3.8, 4) is 5.75 Å². The van der Waals surface area contributed by atoms with Gasteiger partial charge in [0.2, 0.25) is 0 Å². The van der Waals surface area contributed by atoms with Gasteiger partial charge < -0.3 is 14.4 Å². The molecule has 1 fully saturated rings. The summed E-state index contributed by atoms with van der Waals surface area (Å²) in [6.07, 6.45) is 2.01. The molecule has 0 radical (unpaired) electrons. The van der Waals surface area contributed by atoms with Crippen LogP contribution in [0.1, 0.15) is 12.8 Å². The third-order valence-corrected chi connectivity index (χ3v) is 3.58. The number of likely N-dealkylation sites (tertiary alicyclic amines) is 1. The molecule has 19 heavy (non-hydrogen) atoms. The lowest BCUT2D eigenvalue weighted by molar-refractivity contribution is -0.153. The molecule has 0 spiro atoms. The molecule has 1 aromatic rings. The molecule has 104 valence electrons. The van der Waals surface area contributed by atoms with Crippen LogP contribution in [0.15, 0.2) is 28.7 Å². The van der Waals surface area contributed by atoms with Crippen LogP contribution in [0.4, 0.5) is 0 Å². The molecule has 0 saturated carbocycles. The van der Waals surface area contributed by atoms with E-state index in [0.29, 0.717) is 5.75 Å². The number of halogens is 1. The molecule has 5 heteroatoms. The van der Waals surface area contributed by atoms with Crippen molar-refractivity contribution >= 4 is 21.9 Å². The monoisotopic (exact) mass is 327 g/mol. The highest BCUT2D eigenvalue weighted by molar-refractivity contribution is 9.10. The minimum Gasteiger partial charge on any atom is -0.482 e. The topological polar surface area (TPSA) is 38.8 Å². The fourth-order valence-electron chi connectivity index (χ4n) is 2.11. The van der Waals surface area contributed by atoms with Crippen LogP contribution >= 0.6 is 15.9 Å². The molecule has 0 N–H and O–H groups in total. The first-order valence-electron chi connectivity index (χ1n) is 6.40. The van der Waals surface area contributed by atoms with Gasteiger partial charge in [0.1, 0.15) is 11.9 Å². The van der Waals surface area contributed by atoms with E-state index < -0.39 is 0 Å². The highest BCUT2D eigenvalue weighted by Gasteiger charge is 2.20. The van der Waals surface area contributed by atoms with Gasteiger partial charge in [-0.05, 0) is 50.7 Å². The Morgan fingerprint density at radius 3 is 2.84 bits per heavy atom. The average Bonchev–Trinajstić information content (AvgIpc) is 2.38. The molecule has 0 unspecified atom stereocenters. The second-order valence-electron chi connectivity index (χ2n) is 4.76. The first-order chi connectivity index (χ1) is 9.13. The number of piperidine rings is 1. The Balaban J connectivity index is 1.73. The minimum atomic E-state index is -0.303. The number of carbonyl (C=O) groups excluding carboxylic acids is 1. The highest BCUT2D eigenvalue weighted by atomic mass is 79.9. The summed E-state index contributed by atoms with van der Waals surface area (Å²) in [6, 6.07) is 7.37. The van der Waals surface area contributed by atoms with Gasteiger partial charge in [0.05, 0.1) is 0 Å². The van der Waals surface area contributed by atoms with Crippen LogP contribution in [0.5, 0.6) is 5.75 Å². The first-order valence-corrected chi connectivity index (χ1v) is 7.19. The Kier molecular flexibility index (Phi) is 5.22. The molecule has 0 bridgehead atoms. The third kappa shape index (κ3) is 4.84. The Morgan fingerprint density at radius 2 is 2.16 bits per heavy atom. The number of rotatable bonds is 4. The quantitative estimate of drug-likeness (QED) is 0.796. The maximum atomic E-state index is 11.7. The van der Waals surface area contributed by atoms with Gasteiger partial charge in [0.15, 0.2) is 6.61 Å². The molecule has 1 atom stereocenters. The Hall–Kier alpha value is -1.07. The zero-order valence-electron chi connectivity index (χ0n) is 11.0. The maximum absolute atomic E-state index is 11.7. The number of carbonyl (C=O) groups is 1. The van der Waals surface area contributed by atoms with Gasteiger partial charge in [-0.2, -0.15) is 0 Å². The van der Waals surface area contributed by atoms with Crippen LogP contribution in [0.2, 0.25) is 0 Å². The van der Waals surface area contributed by atoms with Crippen molar-refractivity contribution in [2.24, 2.45) is 0 Å². The second kappa shape index (κ2) is 6.91. The summed E-state index contributed by atoms with van der Waals surface area (Å²) >= 11 is 3.35. The second-order valence-corrected chi connectivity index (χ2v) is 5.67. The summed E-state index contributed by atoms with van der Waals surface area (Å²) in [4.78, 5) is 13.9. The van der Waals surface area contributed by atoms with Crippen LogP contribution < -0.4 is 4.74 Å². The van der Waals surface area contributed by atoms with E-state index in [2.05, 4.69) is 20.8 Å². The highest BCUT2D eigenvalue weighted by Crippen LogP contribution is 2.16. The Bertz CT molecular complexity index is 421. The van der Waals surface area contributed by atoms with Crippen LogP contribution in [0, 0.1) is 0 Å². The largest absolute Gasteiger partial charge is 0.482 e. The van der Waals surface area contributed by atoms with Crippen molar-refractivity contribution < 1.29 is 14.3 Å². The van der Waals surface area contributed by atoms with Gasteiger partial charge in [-0.15, -0.1) is 0 Å². The standard InChI is InChI=1S/C14H18BrNO3/c1-16-8-2-3-13(9-16)19-14(17)10-18-12-6-4-11(15)5-7-12/h4-7,13H,2-3,8-10H2,1H3/t13-/m1/s1. The zero-order chi connectivity index (χ0) is 13.7. The number of nitrogens with zero attached hydrogens (tertiary/aromatic N) is 1. The van der Waals surface area contributed by atoms with Crippen LogP contribution in [-0.4, -0.2) is 43.7 Å². The molecule has 2 rings (SSSR count). The smallest absolute Gasteiger partial charge is 0.344 e. The number of likely N-dealkylation sites (N-methyl/N-ethyl adjacent to an activating group) is 1. The third-order valence-electron chi connectivity index (χ3n) is 3.05. The molecule has 1 aliphatic rings. The van der Waals surface area contributed by atoms with Crippen LogP contribution in [0.25, 0.3) is 0 Å².